The summed E-state index contributed by atoms with van der Waals surface area (Å²) in [5, 5.41) is 26.2. The predicted molar refractivity (Wildman–Crippen MR) is 112 cm³/mol. The second-order valence-corrected chi connectivity index (χ2v) is 7.82. The third kappa shape index (κ3) is 3.77. The van der Waals surface area contributed by atoms with Crippen LogP contribution in [-0.4, -0.2) is 61.0 Å². The van der Waals surface area contributed by atoms with Crippen LogP contribution in [0.5, 0.6) is 0 Å². The summed E-state index contributed by atoms with van der Waals surface area (Å²) in [7, 11) is 1.43. The number of halogens is 1. The Bertz CT molecular complexity index is 1040. The minimum atomic E-state index is -1.36. The molecule has 10 nitrogen and oxygen atoms in total. The van der Waals surface area contributed by atoms with Crippen LogP contribution in [-0.2, 0) is 16.1 Å². The minimum absolute atomic E-state index is 0.416. The van der Waals surface area contributed by atoms with Crippen molar-refractivity contribution >= 4 is 45.5 Å². The molecular formula is C18H19IN6O4. The number of carbonyl (C=O) groups is 1. The lowest BCUT2D eigenvalue weighted by Crippen LogP contribution is -2.41. The van der Waals surface area contributed by atoms with E-state index in [9.17, 15) is 15.0 Å². The fourth-order valence-corrected chi connectivity index (χ4v) is 3.86. The summed E-state index contributed by atoms with van der Waals surface area (Å²) in [5.41, 5.74) is 2.00. The van der Waals surface area contributed by atoms with Gasteiger partial charge in [-0.3, -0.25) is 9.36 Å². The molecule has 1 amide bonds. The Labute approximate surface area is 179 Å². The van der Waals surface area contributed by atoms with Crippen molar-refractivity contribution in [1.29, 1.82) is 0 Å². The zero-order valence-electron chi connectivity index (χ0n) is 15.4. The van der Waals surface area contributed by atoms with E-state index in [2.05, 4.69) is 54.2 Å². The van der Waals surface area contributed by atoms with Crippen LogP contribution in [0.3, 0.4) is 0 Å². The number of hydrogen-bond donors (Lipinski definition) is 4. The number of aliphatic hydroxyl groups excluding tert-OH is 2. The zero-order chi connectivity index (χ0) is 20.5. The molecule has 3 heterocycles. The van der Waals surface area contributed by atoms with Crippen LogP contribution in [0.1, 0.15) is 11.8 Å². The number of aliphatic hydroxyl groups is 2. The van der Waals surface area contributed by atoms with Crippen molar-refractivity contribution in [2.45, 2.75) is 31.1 Å². The van der Waals surface area contributed by atoms with E-state index in [1.807, 2.05) is 18.2 Å². The number of imidazole rings is 1. The van der Waals surface area contributed by atoms with Crippen molar-refractivity contribution in [2.24, 2.45) is 0 Å². The van der Waals surface area contributed by atoms with Crippen molar-refractivity contribution in [3.8, 4) is 0 Å². The van der Waals surface area contributed by atoms with Gasteiger partial charge >= 0.3 is 0 Å². The fraction of sp³-hybridized carbons (Fsp3) is 0.333. The number of aromatic nitrogens is 4. The number of fused-ring (bicyclic) bond motifs is 1. The maximum atomic E-state index is 11.9. The maximum Gasteiger partial charge on any atom is 0.251 e. The Kier molecular flexibility index (Phi) is 5.63. The minimum Gasteiger partial charge on any atom is -0.387 e. The largest absolute Gasteiger partial charge is 0.387 e. The van der Waals surface area contributed by atoms with Crippen molar-refractivity contribution in [3.63, 3.8) is 0 Å². The van der Waals surface area contributed by atoms with Gasteiger partial charge in [-0.2, -0.15) is 0 Å². The van der Waals surface area contributed by atoms with Crippen LogP contribution in [0.2, 0.25) is 0 Å². The number of amides is 1. The summed E-state index contributed by atoms with van der Waals surface area (Å²) in [6.07, 6.45) is -2.04. The summed E-state index contributed by atoms with van der Waals surface area (Å²) in [5.74, 6) is 0.0152. The molecule has 2 aromatic heterocycles. The molecule has 0 spiro atoms. The summed E-state index contributed by atoms with van der Waals surface area (Å²) in [6, 6.07) is 8.07. The number of rotatable bonds is 5. The monoisotopic (exact) mass is 510 g/mol. The first-order valence-corrected chi connectivity index (χ1v) is 9.96. The van der Waals surface area contributed by atoms with E-state index in [-0.39, 0.29) is 0 Å². The molecule has 0 radical (unpaired) electrons. The van der Waals surface area contributed by atoms with Gasteiger partial charge in [0, 0.05) is 17.2 Å². The van der Waals surface area contributed by atoms with Gasteiger partial charge in [0.25, 0.3) is 5.91 Å². The first kappa shape index (κ1) is 19.9. The van der Waals surface area contributed by atoms with Crippen LogP contribution in [0.25, 0.3) is 11.2 Å². The predicted octanol–water partition coefficient (Wildman–Crippen LogP) is 0.408. The molecule has 1 aliphatic rings. The Morgan fingerprint density at radius 1 is 1.28 bits per heavy atom. The average molecular weight is 510 g/mol. The smallest absolute Gasteiger partial charge is 0.251 e. The number of nitrogens with one attached hydrogen (secondary N) is 2. The van der Waals surface area contributed by atoms with Crippen molar-refractivity contribution in [2.75, 3.05) is 12.4 Å². The lowest BCUT2D eigenvalue weighted by atomic mass is 10.1. The van der Waals surface area contributed by atoms with Crippen LogP contribution >= 0.6 is 22.6 Å². The topological polar surface area (TPSA) is 134 Å². The lowest BCUT2D eigenvalue weighted by molar-refractivity contribution is -0.137. The van der Waals surface area contributed by atoms with E-state index < -0.39 is 30.4 Å². The molecule has 1 aliphatic heterocycles. The molecule has 1 aromatic carbocycles. The highest BCUT2D eigenvalue weighted by molar-refractivity contribution is 14.1. The first-order chi connectivity index (χ1) is 14.0. The molecule has 4 atom stereocenters. The lowest BCUT2D eigenvalue weighted by Gasteiger charge is -2.16. The SMILES string of the molecule is CNC(=O)[C@H]1O[C@@H](n2cnc3c(NCc4cccc(I)c4)ncnc32)[C@H](O)C1O. The van der Waals surface area contributed by atoms with Gasteiger partial charge in [0.1, 0.15) is 18.5 Å². The molecule has 4 rings (SSSR count). The van der Waals surface area contributed by atoms with Gasteiger partial charge in [-0.25, -0.2) is 15.0 Å². The summed E-state index contributed by atoms with van der Waals surface area (Å²) < 4.78 is 8.23. The highest BCUT2D eigenvalue weighted by atomic mass is 127. The normalized spacial score (nSPS) is 24.0. The van der Waals surface area contributed by atoms with Gasteiger partial charge in [0.2, 0.25) is 0 Å². The zero-order valence-corrected chi connectivity index (χ0v) is 17.5. The molecular weight excluding hydrogens is 491 g/mol. The van der Waals surface area contributed by atoms with E-state index in [4.69, 9.17) is 4.74 Å². The third-order valence-electron chi connectivity index (χ3n) is 4.73. The maximum absolute atomic E-state index is 11.9. The molecule has 152 valence electrons. The molecule has 0 saturated carbocycles. The van der Waals surface area contributed by atoms with Crippen LogP contribution in [0.4, 0.5) is 5.82 Å². The summed E-state index contributed by atoms with van der Waals surface area (Å²) in [6.45, 7) is 0.551. The fourth-order valence-electron chi connectivity index (χ4n) is 3.25. The molecule has 1 saturated heterocycles. The number of likely N-dealkylation sites (N-methyl/N-ethyl adjacent to an activating group) is 1. The average Bonchev–Trinajstić information content (AvgIpc) is 3.28. The molecule has 3 aromatic rings. The second-order valence-electron chi connectivity index (χ2n) is 6.57. The van der Waals surface area contributed by atoms with E-state index in [0.29, 0.717) is 23.5 Å². The molecule has 4 N–H and O–H groups in total. The van der Waals surface area contributed by atoms with Crippen LogP contribution < -0.4 is 10.6 Å². The van der Waals surface area contributed by atoms with Crippen LogP contribution in [0, 0.1) is 3.57 Å². The molecule has 1 unspecified atom stereocenters. The standard InChI is InChI=1S/C18H19IN6O4/c1-20-17(28)14-12(26)13(27)18(29-14)25-8-24-11-15(22-7-23-16(11)25)21-6-9-3-2-4-10(19)5-9/h2-5,7-8,12-14,18,26-27H,6H2,1H3,(H,20,28)(H,21,22,23)/t12?,13-,14+,18-/m1/s1. The van der Waals surface area contributed by atoms with E-state index in [1.54, 1.807) is 0 Å². The molecule has 11 heteroatoms. The number of hydrogen-bond acceptors (Lipinski definition) is 8. The number of benzene rings is 1. The summed E-state index contributed by atoms with van der Waals surface area (Å²) in [4.78, 5) is 24.7. The van der Waals surface area contributed by atoms with Gasteiger partial charge in [0.05, 0.1) is 6.33 Å². The van der Waals surface area contributed by atoms with Gasteiger partial charge < -0.3 is 25.6 Å². The van der Waals surface area contributed by atoms with Gasteiger partial charge in [-0.05, 0) is 40.3 Å². The highest BCUT2D eigenvalue weighted by Gasteiger charge is 2.47. The number of anilines is 1. The highest BCUT2D eigenvalue weighted by Crippen LogP contribution is 2.32. The number of nitrogens with zero attached hydrogens (tertiary/aromatic N) is 4. The van der Waals surface area contributed by atoms with Gasteiger partial charge in [-0.1, -0.05) is 12.1 Å². The Morgan fingerprint density at radius 3 is 2.86 bits per heavy atom. The van der Waals surface area contributed by atoms with Crippen molar-refractivity contribution in [1.82, 2.24) is 24.8 Å². The van der Waals surface area contributed by atoms with E-state index in [0.717, 1.165) is 9.13 Å². The number of ether oxygens (including phenoxy) is 1. The van der Waals surface area contributed by atoms with Crippen molar-refractivity contribution < 1.29 is 19.7 Å². The van der Waals surface area contributed by atoms with Gasteiger partial charge in [0.15, 0.2) is 29.3 Å². The Balaban J connectivity index is 1.60. The summed E-state index contributed by atoms with van der Waals surface area (Å²) >= 11 is 2.26. The van der Waals surface area contributed by atoms with Gasteiger partial charge in [-0.15, -0.1) is 0 Å². The van der Waals surface area contributed by atoms with Crippen LogP contribution in [0.15, 0.2) is 36.9 Å². The third-order valence-corrected chi connectivity index (χ3v) is 5.40. The quantitative estimate of drug-likeness (QED) is 0.363. The Morgan fingerprint density at radius 2 is 2.10 bits per heavy atom. The van der Waals surface area contributed by atoms with Crippen molar-refractivity contribution in [3.05, 3.63) is 46.1 Å². The molecule has 1 fully saturated rings. The number of carbonyl (C=O) groups excluding carboxylic acids is 1. The first-order valence-electron chi connectivity index (χ1n) is 8.88. The second kappa shape index (κ2) is 8.18. The molecule has 0 bridgehead atoms. The van der Waals surface area contributed by atoms with E-state index in [1.165, 1.54) is 24.3 Å². The molecule has 0 aliphatic carbocycles. The van der Waals surface area contributed by atoms with E-state index >= 15 is 0 Å². The molecule has 29 heavy (non-hydrogen) atoms. The Hall–Kier alpha value is -2.35.